The van der Waals surface area contributed by atoms with Gasteiger partial charge < -0.3 is 14.5 Å². The standard InChI is InChI=1S/C22H29FN2O3/c23-19-6-2-1-5-18(19)21(27)25-12-8-22(9-13-25)16-17(7-14-28-22)15-20(26)24-10-3-4-11-24/h1-2,5-6,17H,3-4,7-16H2. The molecular formula is C22H29FN2O3. The number of hydrogen-bond acceptors (Lipinski definition) is 3. The number of carbonyl (C=O) groups is 2. The summed E-state index contributed by atoms with van der Waals surface area (Å²) in [4.78, 5) is 28.9. The average Bonchev–Trinajstić information content (AvgIpc) is 3.24. The molecule has 28 heavy (non-hydrogen) atoms. The molecule has 3 heterocycles. The van der Waals surface area contributed by atoms with E-state index < -0.39 is 5.82 Å². The van der Waals surface area contributed by atoms with Crippen LogP contribution in [0.5, 0.6) is 0 Å². The van der Waals surface area contributed by atoms with E-state index in [1.54, 1.807) is 23.1 Å². The van der Waals surface area contributed by atoms with Gasteiger partial charge in [-0.1, -0.05) is 12.1 Å². The number of rotatable bonds is 3. The number of ether oxygens (including phenoxy) is 1. The van der Waals surface area contributed by atoms with Gasteiger partial charge >= 0.3 is 0 Å². The van der Waals surface area contributed by atoms with Crippen molar-refractivity contribution in [1.29, 1.82) is 0 Å². The molecule has 1 aromatic carbocycles. The molecule has 3 saturated heterocycles. The lowest BCUT2D eigenvalue weighted by Gasteiger charge is -2.46. The maximum Gasteiger partial charge on any atom is 0.256 e. The number of benzene rings is 1. The Bertz CT molecular complexity index is 724. The van der Waals surface area contributed by atoms with Crippen molar-refractivity contribution in [3.8, 4) is 0 Å². The molecule has 1 atom stereocenters. The molecular weight excluding hydrogens is 359 g/mol. The molecule has 0 aromatic heterocycles. The highest BCUT2D eigenvalue weighted by atomic mass is 19.1. The molecule has 0 N–H and O–H groups in total. The molecule has 2 amide bonds. The molecule has 0 radical (unpaired) electrons. The van der Waals surface area contributed by atoms with Crippen molar-refractivity contribution in [3.05, 3.63) is 35.6 Å². The zero-order chi connectivity index (χ0) is 19.6. The molecule has 6 heteroatoms. The Balaban J connectivity index is 1.33. The third-order valence-electron chi connectivity index (χ3n) is 6.58. The molecule has 1 aromatic rings. The Labute approximate surface area is 165 Å². The number of piperidine rings is 1. The van der Waals surface area contributed by atoms with Gasteiger partial charge in [-0.15, -0.1) is 0 Å². The lowest BCUT2D eigenvalue weighted by Crippen LogP contribution is -2.51. The third-order valence-corrected chi connectivity index (χ3v) is 6.58. The van der Waals surface area contributed by atoms with E-state index in [1.165, 1.54) is 6.07 Å². The summed E-state index contributed by atoms with van der Waals surface area (Å²) in [5, 5.41) is 0. The first-order valence-electron chi connectivity index (χ1n) is 10.5. The van der Waals surface area contributed by atoms with E-state index >= 15 is 0 Å². The molecule has 4 rings (SSSR count). The van der Waals surface area contributed by atoms with Gasteiger partial charge in [0.1, 0.15) is 5.82 Å². The molecule has 1 spiro atoms. The summed E-state index contributed by atoms with van der Waals surface area (Å²) < 4.78 is 20.1. The first-order chi connectivity index (χ1) is 13.6. The normalized spacial score (nSPS) is 24.5. The molecule has 1 unspecified atom stereocenters. The van der Waals surface area contributed by atoms with Gasteiger partial charge in [0.25, 0.3) is 5.91 Å². The van der Waals surface area contributed by atoms with Crippen LogP contribution in [0.3, 0.4) is 0 Å². The fourth-order valence-electron chi connectivity index (χ4n) is 4.92. The van der Waals surface area contributed by atoms with Crippen LogP contribution in [0.25, 0.3) is 0 Å². The van der Waals surface area contributed by atoms with Crippen LogP contribution in [0.15, 0.2) is 24.3 Å². The Morgan fingerprint density at radius 3 is 2.50 bits per heavy atom. The van der Waals surface area contributed by atoms with Crippen molar-refractivity contribution in [2.45, 2.75) is 50.5 Å². The summed E-state index contributed by atoms with van der Waals surface area (Å²) in [5.74, 6) is -0.0749. The highest BCUT2D eigenvalue weighted by Crippen LogP contribution is 2.39. The van der Waals surface area contributed by atoms with Crippen molar-refractivity contribution in [2.24, 2.45) is 5.92 Å². The fraction of sp³-hybridized carbons (Fsp3) is 0.636. The average molecular weight is 388 g/mol. The van der Waals surface area contributed by atoms with Crippen LogP contribution < -0.4 is 0 Å². The minimum absolute atomic E-state index is 0.136. The first kappa shape index (κ1) is 19.4. The predicted molar refractivity (Wildman–Crippen MR) is 103 cm³/mol. The van der Waals surface area contributed by atoms with E-state index in [2.05, 4.69) is 0 Å². The van der Waals surface area contributed by atoms with Gasteiger partial charge in [-0.05, 0) is 56.6 Å². The van der Waals surface area contributed by atoms with Crippen LogP contribution in [0.4, 0.5) is 4.39 Å². The lowest BCUT2D eigenvalue weighted by molar-refractivity contribution is -0.140. The van der Waals surface area contributed by atoms with Crippen molar-refractivity contribution in [1.82, 2.24) is 9.80 Å². The minimum Gasteiger partial charge on any atom is -0.375 e. The lowest BCUT2D eigenvalue weighted by atomic mass is 9.78. The summed E-state index contributed by atoms with van der Waals surface area (Å²) in [6, 6.07) is 6.15. The summed E-state index contributed by atoms with van der Waals surface area (Å²) in [5.41, 5.74) is -0.0997. The molecule has 0 saturated carbocycles. The number of likely N-dealkylation sites (tertiary alicyclic amines) is 2. The van der Waals surface area contributed by atoms with Crippen molar-refractivity contribution in [2.75, 3.05) is 32.8 Å². The second-order valence-corrected chi connectivity index (χ2v) is 8.45. The maximum atomic E-state index is 13.9. The van der Waals surface area contributed by atoms with Crippen LogP contribution in [0.2, 0.25) is 0 Å². The second kappa shape index (κ2) is 8.19. The van der Waals surface area contributed by atoms with Gasteiger partial charge in [0.05, 0.1) is 11.2 Å². The minimum atomic E-state index is -0.470. The maximum absolute atomic E-state index is 13.9. The van der Waals surface area contributed by atoms with E-state index in [9.17, 15) is 14.0 Å². The molecule has 0 aliphatic carbocycles. The zero-order valence-corrected chi connectivity index (χ0v) is 16.4. The Morgan fingerprint density at radius 2 is 1.79 bits per heavy atom. The molecule has 3 fully saturated rings. The summed E-state index contributed by atoms with van der Waals surface area (Å²) in [7, 11) is 0. The first-order valence-corrected chi connectivity index (χ1v) is 10.5. The van der Waals surface area contributed by atoms with E-state index in [4.69, 9.17) is 4.74 Å². The van der Waals surface area contributed by atoms with Crippen LogP contribution in [-0.2, 0) is 9.53 Å². The fourth-order valence-corrected chi connectivity index (χ4v) is 4.92. The number of halogens is 1. The number of nitrogens with zero attached hydrogens (tertiary/aromatic N) is 2. The summed E-state index contributed by atoms with van der Waals surface area (Å²) >= 11 is 0. The van der Waals surface area contributed by atoms with Crippen LogP contribution >= 0.6 is 0 Å². The van der Waals surface area contributed by atoms with Crippen molar-refractivity contribution >= 4 is 11.8 Å². The molecule has 152 valence electrons. The van der Waals surface area contributed by atoms with Gasteiger partial charge in [-0.2, -0.15) is 0 Å². The quantitative estimate of drug-likeness (QED) is 0.799. The highest BCUT2D eigenvalue weighted by Gasteiger charge is 2.42. The Hall–Kier alpha value is -1.95. The molecule has 3 aliphatic heterocycles. The van der Waals surface area contributed by atoms with E-state index in [0.717, 1.165) is 51.6 Å². The number of amides is 2. The van der Waals surface area contributed by atoms with Crippen LogP contribution in [0.1, 0.15) is 55.3 Å². The molecule has 0 bridgehead atoms. The smallest absolute Gasteiger partial charge is 0.256 e. The van der Waals surface area contributed by atoms with Crippen molar-refractivity contribution in [3.63, 3.8) is 0 Å². The number of carbonyl (C=O) groups excluding carboxylic acids is 2. The third kappa shape index (κ3) is 4.07. The summed E-state index contributed by atoms with van der Waals surface area (Å²) in [6.45, 7) is 3.62. The predicted octanol–water partition coefficient (Wildman–Crippen LogP) is 3.24. The Morgan fingerprint density at radius 1 is 1.07 bits per heavy atom. The Kier molecular flexibility index (Phi) is 5.67. The highest BCUT2D eigenvalue weighted by molar-refractivity contribution is 5.94. The molecule has 5 nitrogen and oxygen atoms in total. The topological polar surface area (TPSA) is 49.9 Å². The van der Waals surface area contributed by atoms with Gasteiger partial charge in [-0.25, -0.2) is 4.39 Å². The largest absolute Gasteiger partial charge is 0.375 e. The van der Waals surface area contributed by atoms with Gasteiger partial charge in [-0.3, -0.25) is 9.59 Å². The van der Waals surface area contributed by atoms with Crippen LogP contribution in [-0.4, -0.2) is 60.0 Å². The van der Waals surface area contributed by atoms with E-state index in [-0.39, 0.29) is 23.0 Å². The monoisotopic (exact) mass is 388 g/mol. The van der Waals surface area contributed by atoms with Gasteiger partial charge in [0, 0.05) is 39.2 Å². The van der Waals surface area contributed by atoms with Gasteiger partial charge in [0.2, 0.25) is 5.91 Å². The second-order valence-electron chi connectivity index (χ2n) is 8.45. The van der Waals surface area contributed by atoms with Crippen LogP contribution in [0, 0.1) is 11.7 Å². The van der Waals surface area contributed by atoms with E-state index in [1.807, 2.05) is 4.90 Å². The van der Waals surface area contributed by atoms with Crippen molar-refractivity contribution < 1.29 is 18.7 Å². The van der Waals surface area contributed by atoms with Gasteiger partial charge in [0.15, 0.2) is 0 Å². The summed E-state index contributed by atoms with van der Waals surface area (Å²) in [6.07, 6.45) is 6.17. The van der Waals surface area contributed by atoms with E-state index in [0.29, 0.717) is 32.0 Å². The molecule has 3 aliphatic rings. The number of hydrogen-bond donors (Lipinski definition) is 0. The SMILES string of the molecule is O=C(CC1CCOC2(CCN(C(=O)c3ccccc3F)CC2)C1)N1CCCC1. The zero-order valence-electron chi connectivity index (χ0n) is 16.4.